The molecule has 1 heterocycles. The van der Waals surface area contributed by atoms with Crippen LogP contribution >= 0.6 is 0 Å². The van der Waals surface area contributed by atoms with Crippen molar-refractivity contribution in [3.8, 4) is 28.6 Å². The molecule has 0 saturated heterocycles. The number of hydrogen-bond donors (Lipinski definition) is 0. The summed E-state index contributed by atoms with van der Waals surface area (Å²) in [6, 6.07) is 13.4. The van der Waals surface area contributed by atoms with E-state index in [1.54, 1.807) is 31.4 Å². The summed E-state index contributed by atoms with van der Waals surface area (Å²) in [7, 11) is 4.08. The maximum absolute atomic E-state index is 13.7. The monoisotopic (exact) mass is 574 g/mol. The molecule has 0 N–H and O–H groups in total. The molecule has 4 rings (SSSR count). The molecule has 0 aliphatic carbocycles. The van der Waals surface area contributed by atoms with Gasteiger partial charge in [0.25, 0.3) is 5.56 Å². The number of para-hydroxylation sites is 1. The molecule has 0 fully saturated rings. The van der Waals surface area contributed by atoms with E-state index in [-0.39, 0.29) is 28.8 Å². The third-order valence-corrected chi connectivity index (χ3v) is 6.55. The third-order valence-electron chi connectivity index (χ3n) is 6.55. The van der Waals surface area contributed by atoms with Gasteiger partial charge in [0.05, 0.1) is 43.4 Å². The van der Waals surface area contributed by atoms with Crippen LogP contribution in [0.4, 0.5) is 5.69 Å². The lowest BCUT2D eigenvalue weighted by atomic mass is 9.96. The van der Waals surface area contributed by atoms with Gasteiger partial charge in [0.15, 0.2) is 18.2 Å². The highest BCUT2D eigenvalue weighted by atomic mass is 16.6. The van der Waals surface area contributed by atoms with E-state index in [1.165, 1.54) is 37.2 Å². The van der Waals surface area contributed by atoms with Crippen LogP contribution in [0, 0.1) is 17.0 Å². The summed E-state index contributed by atoms with van der Waals surface area (Å²) in [5, 5.41) is 16.7. The smallest absolute Gasteiger partial charge is 0.343 e. The summed E-state index contributed by atoms with van der Waals surface area (Å²) < 4.78 is 21.9. The molecular weight excluding hydrogens is 544 g/mol. The quantitative estimate of drug-likeness (QED) is 0.112. The van der Waals surface area contributed by atoms with Gasteiger partial charge in [-0.2, -0.15) is 9.78 Å². The molecule has 0 unspecified atom stereocenters. The van der Waals surface area contributed by atoms with Gasteiger partial charge in [0.1, 0.15) is 5.75 Å². The molecule has 0 atom stereocenters. The molecule has 42 heavy (non-hydrogen) atoms. The molecule has 0 spiro atoms. The zero-order valence-corrected chi connectivity index (χ0v) is 24.0. The van der Waals surface area contributed by atoms with Crippen LogP contribution in [0.15, 0.2) is 58.4 Å². The number of benzene rings is 3. The van der Waals surface area contributed by atoms with Gasteiger partial charge >= 0.3 is 11.7 Å². The SMILES string of the molecule is COC(=O)COc1c(OC)cc(C=Nn2c(-c3cc(C(C)C)c(OC)cc3C)nc3ccccc3c2=O)cc1[N+](=O)[O-]. The second-order valence-electron chi connectivity index (χ2n) is 9.57. The Hall–Kier alpha value is -5.26. The molecule has 4 aromatic rings. The van der Waals surface area contributed by atoms with Gasteiger partial charge in [-0.15, -0.1) is 0 Å². The van der Waals surface area contributed by atoms with Crippen LogP contribution in [0.5, 0.6) is 17.2 Å². The predicted molar refractivity (Wildman–Crippen MR) is 157 cm³/mol. The van der Waals surface area contributed by atoms with Crippen LogP contribution in [0.25, 0.3) is 22.3 Å². The Bertz CT molecular complexity index is 1760. The lowest BCUT2D eigenvalue weighted by molar-refractivity contribution is -0.385. The van der Waals surface area contributed by atoms with Crippen molar-refractivity contribution in [1.82, 2.24) is 9.66 Å². The summed E-state index contributed by atoms with van der Waals surface area (Å²) in [6.45, 7) is 5.41. The first-order chi connectivity index (χ1) is 20.1. The summed E-state index contributed by atoms with van der Waals surface area (Å²) in [5.41, 5.74) is 2.27. The maximum Gasteiger partial charge on any atom is 0.343 e. The summed E-state index contributed by atoms with van der Waals surface area (Å²) in [4.78, 5) is 41.3. The van der Waals surface area contributed by atoms with Crippen LogP contribution in [-0.4, -0.2) is 54.7 Å². The number of rotatable bonds is 10. The van der Waals surface area contributed by atoms with Crippen LogP contribution in [-0.2, 0) is 9.53 Å². The normalized spacial score (nSPS) is 11.2. The predicted octanol–water partition coefficient (Wildman–Crippen LogP) is 4.85. The first-order valence-electron chi connectivity index (χ1n) is 12.9. The van der Waals surface area contributed by atoms with Gasteiger partial charge in [-0.1, -0.05) is 26.0 Å². The van der Waals surface area contributed by atoms with E-state index < -0.39 is 28.7 Å². The van der Waals surface area contributed by atoms with Crippen molar-refractivity contribution in [2.45, 2.75) is 26.7 Å². The topological polar surface area (TPSA) is 144 Å². The van der Waals surface area contributed by atoms with Crippen molar-refractivity contribution < 1.29 is 28.7 Å². The van der Waals surface area contributed by atoms with Crippen molar-refractivity contribution in [3.63, 3.8) is 0 Å². The highest BCUT2D eigenvalue weighted by Crippen LogP contribution is 2.38. The van der Waals surface area contributed by atoms with Crippen LogP contribution in [0.1, 0.15) is 36.5 Å². The number of carbonyl (C=O) groups excluding carboxylic acids is 1. The fraction of sp³-hybridized carbons (Fsp3) is 0.267. The van der Waals surface area contributed by atoms with Gasteiger partial charge in [0, 0.05) is 17.2 Å². The van der Waals surface area contributed by atoms with E-state index >= 15 is 0 Å². The van der Waals surface area contributed by atoms with Crippen molar-refractivity contribution in [1.29, 1.82) is 0 Å². The maximum atomic E-state index is 13.7. The summed E-state index contributed by atoms with van der Waals surface area (Å²) >= 11 is 0. The average molecular weight is 575 g/mol. The number of nitro groups is 1. The van der Waals surface area contributed by atoms with Gasteiger partial charge in [-0.25, -0.2) is 9.78 Å². The zero-order valence-electron chi connectivity index (χ0n) is 24.0. The first kappa shape index (κ1) is 29.7. The molecule has 0 amide bonds. The van der Waals surface area contributed by atoms with Crippen molar-refractivity contribution >= 4 is 28.8 Å². The number of hydrogen-bond acceptors (Lipinski definition) is 10. The fourth-order valence-electron chi connectivity index (χ4n) is 4.40. The lowest BCUT2D eigenvalue weighted by Crippen LogP contribution is -2.21. The third kappa shape index (κ3) is 5.92. The molecular formula is C30H30N4O8. The molecule has 1 aromatic heterocycles. The molecule has 218 valence electrons. The number of nitro benzene ring substituents is 1. The number of aromatic nitrogens is 2. The summed E-state index contributed by atoms with van der Waals surface area (Å²) in [5.74, 6) is 0.157. The van der Waals surface area contributed by atoms with E-state index in [0.29, 0.717) is 16.5 Å². The summed E-state index contributed by atoms with van der Waals surface area (Å²) in [6.07, 6.45) is 1.29. The second kappa shape index (κ2) is 12.5. The fourth-order valence-corrected chi connectivity index (χ4v) is 4.40. The largest absolute Gasteiger partial charge is 0.496 e. The molecule has 0 aliphatic heterocycles. The Kier molecular flexibility index (Phi) is 8.84. The number of nitrogens with zero attached hydrogens (tertiary/aromatic N) is 4. The van der Waals surface area contributed by atoms with E-state index in [0.717, 1.165) is 16.9 Å². The van der Waals surface area contributed by atoms with E-state index in [4.69, 9.17) is 19.2 Å². The molecule has 0 saturated carbocycles. The molecule has 0 aliphatic rings. The van der Waals surface area contributed by atoms with E-state index in [9.17, 15) is 19.7 Å². The Labute approximate surface area is 241 Å². The first-order valence-corrected chi connectivity index (χ1v) is 12.9. The minimum Gasteiger partial charge on any atom is -0.496 e. The highest BCUT2D eigenvalue weighted by Gasteiger charge is 2.24. The Morgan fingerprint density at radius 2 is 1.81 bits per heavy atom. The minimum atomic E-state index is -0.720. The molecule has 0 radical (unpaired) electrons. The van der Waals surface area contributed by atoms with Crippen LogP contribution in [0.2, 0.25) is 0 Å². The molecule has 12 nitrogen and oxygen atoms in total. The van der Waals surface area contributed by atoms with Crippen LogP contribution in [0.3, 0.4) is 0 Å². The van der Waals surface area contributed by atoms with Crippen molar-refractivity contribution in [2.75, 3.05) is 27.9 Å². The number of ether oxygens (including phenoxy) is 4. The van der Waals surface area contributed by atoms with Gasteiger partial charge in [0.2, 0.25) is 5.75 Å². The number of methoxy groups -OCH3 is 3. The van der Waals surface area contributed by atoms with E-state index in [2.05, 4.69) is 9.84 Å². The van der Waals surface area contributed by atoms with Gasteiger partial charge in [-0.05, 0) is 54.3 Å². The standard InChI is InChI=1S/C30H30N4O8/c1-17(2)21-14-22(18(3)11-25(21)39-4)29-32-23-10-8-7-9-20(23)30(36)33(29)31-15-19-12-24(34(37)38)28(26(13-19)40-5)42-16-27(35)41-6/h7-15,17H,16H2,1-6H3. The second-order valence-corrected chi connectivity index (χ2v) is 9.57. The van der Waals surface area contributed by atoms with Crippen LogP contribution < -0.4 is 19.8 Å². The van der Waals surface area contributed by atoms with Crippen molar-refractivity contribution in [2.24, 2.45) is 5.10 Å². The molecule has 12 heteroatoms. The lowest BCUT2D eigenvalue weighted by Gasteiger charge is -2.17. The Balaban J connectivity index is 1.92. The Morgan fingerprint density at radius 3 is 2.45 bits per heavy atom. The van der Waals surface area contributed by atoms with Crippen molar-refractivity contribution in [3.05, 3.63) is 85.7 Å². The van der Waals surface area contributed by atoms with E-state index in [1.807, 2.05) is 32.9 Å². The van der Waals surface area contributed by atoms with Gasteiger partial charge < -0.3 is 18.9 Å². The Morgan fingerprint density at radius 1 is 1.10 bits per heavy atom. The zero-order chi connectivity index (χ0) is 30.6. The van der Waals surface area contributed by atoms with Gasteiger partial charge in [-0.3, -0.25) is 14.9 Å². The number of carbonyl (C=O) groups is 1. The number of aryl methyl sites for hydroxylation is 1. The minimum absolute atomic E-state index is 0.00802. The number of esters is 1. The number of fused-ring (bicyclic) bond motifs is 1. The molecule has 0 bridgehead atoms. The molecule has 3 aromatic carbocycles. The average Bonchev–Trinajstić information content (AvgIpc) is 2.98. The highest BCUT2D eigenvalue weighted by molar-refractivity contribution is 5.85.